The molecule has 2 aliphatic rings. The van der Waals surface area contributed by atoms with Crippen molar-refractivity contribution in [2.45, 2.75) is 31.5 Å². The number of carbonyl (C=O) groups excluding carboxylic acids is 1. The minimum absolute atomic E-state index is 0.213. The lowest BCUT2D eigenvalue weighted by Crippen LogP contribution is -2.29. The quantitative estimate of drug-likeness (QED) is 0.779. The number of carbonyl (C=O) groups is 1. The summed E-state index contributed by atoms with van der Waals surface area (Å²) in [5.74, 6) is -2.48. The van der Waals surface area contributed by atoms with E-state index in [1.165, 1.54) is 16.8 Å². The Hall–Kier alpha value is -1.68. The van der Waals surface area contributed by atoms with Gasteiger partial charge in [0, 0.05) is 12.7 Å². The van der Waals surface area contributed by atoms with Gasteiger partial charge in [-0.05, 0) is 40.6 Å². The SMILES string of the molecule is O=C(Oc1c([C@H]2CC3(CC3)CN2)nc2cnc(Br)cn12)C(F)(F)F. The van der Waals surface area contributed by atoms with E-state index in [4.69, 9.17) is 0 Å². The zero-order chi connectivity index (χ0) is 17.1. The first-order valence-corrected chi connectivity index (χ1v) is 8.13. The van der Waals surface area contributed by atoms with Gasteiger partial charge >= 0.3 is 12.1 Å². The summed E-state index contributed by atoms with van der Waals surface area (Å²) in [5.41, 5.74) is 0.831. The summed E-state index contributed by atoms with van der Waals surface area (Å²) < 4.78 is 44.2. The second-order valence-corrected chi connectivity index (χ2v) is 7.08. The topological polar surface area (TPSA) is 68.5 Å². The minimum Gasteiger partial charge on any atom is -0.400 e. The van der Waals surface area contributed by atoms with Crippen molar-refractivity contribution in [3.63, 3.8) is 0 Å². The van der Waals surface area contributed by atoms with Crippen LogP contribution in [0.2, 0.25) is 0 Å². The Morgan fingerprint density at radius 1 is 1.46 bits per heavy atom. The molecule has 1 aliphatic heterocycles. The molecular weight excluding hydrogens is 393 g/mol. The van der Waals surface area contributed by atoms with Gasteiger partial charge in [-0.3, -0.25) is 4.40 Å². The van der Waals surface area contributed by atoms with Crippen LogP contribution in [0.3, 0.4) is 0 Å². The van der Waals surface area contributed by atoms with Gasteiger partial charge in [0.05, 0.1) is 12.2 Å². The summed E-state index contributed by atoms with van der Waals surface area (Å²) in [5, 5.41) is 3.27. The van der Waals surface area contributed by atoms with Crippen molar-refractivity contribution in [2.24, 2.45) is 5.41 Å². The molecule has 1 spiro atoms. The molecule has 1 saturated heterocycles. The number of imidazole rings is 1. The number of hydrogen-bond acceptors (Lipinski definition) is 5. The number of halogens is 4. The van der Waals surface area contributed by atoms with E-state index in [-0.39, 0.29) is 17.3 Å². The van der Waals surface area contributed by atoms with Crippen molar-refractivity contribution >= 4 is 27.5 Å². The Morgan fingerprint density at radius 2 is 2.21 bits per heavy atom. The van der Waals surface area contributed by atoms with E-state index in [1.54, 1.807) is 0 Å². The summed E-state index contributed by atoms with van der Waals surface area (Å²) >= 11 is 3.16. The molecule has 1 saturated carbocycles. The zero-order valence-electron chi connectivity index (χ0n) is 12.2. The number of hydrogen-bond donors (Lipinski definition) is 1. The molecule has 10 heteroatoms. The molecule has 0 amide bonds. The number of alkyl halides is 3. The summed E-state index contributed by atoms with van der Waals surface area (Å²) in [7, 11) is 0. The average Bonchev–Trinajstić information content (AvgIpc) is 2.98. The molecule has 24 heavy (non-hydrogen) atoms. The van der Waals surface area contributed by atoms with Crippen LogP contribution in [0, 0.1) is 5.41 Å². The molecule has 2 fully saturated rings. The number of aromatic nitrogens is 3. The number of nitrogens with one attached hydrogen (secondary N) is 1. The van der Waals surface area contributed by atoms with Gasteiger partial charge in [-0.2, -0.15) is 13.2 Å². The van der Waals surface area contributed by atoms with E-state index in [0.29, 0.717) is 15.9 Å². The molecule has 2 aromatic rings. The van der Waals surface area contributed by atoms with Gasteiger partial charge in [-0.1, -0.05) is 0 Å². The fourth-order valence-corrected chi connectivity index (χ4v) is 3.38. The van der Waals surface area contributed by atoms with Crippen LogP contribution in [0.5, 0.6) is 5.88 Å². The van der Waals surface area contributed by atoms with Crippen LogP contribution in [0.1, 0.15) is 31.0 Å². The lowest BCUT2D eigenvalue weighted by Gasteiger charge is -2.12. The maximum Gasteiger partial charge on any atom is 0.491 e. The smallest absolute Gasteiger partial charge is 0.400 e. The maximum absolute atomic E-state index is 12.6. The van der Waals surface area contributed by atoms with Crippen molar-refractivity contribution in [2.75, 3.05) is 6.54 Å². The van der Waals surface area contributed by atoms with Crippen molar-refractivity contribution in [3.8, 4) is 5.88 Å². The van der Waals surface area contributed by atoms with Crippen molar-refractivity contribution in [3.05, 3.63) is 22.7 Å². The van der Waals surface area contributed by atoms with Gasteiger partial charge in [-0.15, -0.1) is 0 Å². The zero-order valence-corrected chi connectivity index (χ0v) is 13.8. The molecule has 0 bridgehead atoms. The highest BCUT2D eigenvalue weighted by Gasteiger charge is 2.50. The fraction of sp³-hybridized carbons (Fsp3) is 0.500. The predicted molar refractivity (Wildman–Crippen MR) is 79.4 cm³/mol. The number of nitrogens with zero attached hydrogens (tertiary/aromatic N) is 3. The lowest BCUT2D eigenvalue weighted by atomic mass is 10.0. The van der Waals surface area contributed by atoms with Gasteiger partial charge in [-0.25, -0.2) is 14.8 Å². The number of rotatable bonds is 2. The second kappa shape index (κ2) is 5.16. The van der Waals surface area contributed by atoms with Crippen LogP contribution in [-0.2, 0) is 4.79 Å². The fourth-order valence-electron chi connectivity index (χ4n) is 3.07. The average molecular weight is 405 g/mol. The Kier molecular flexibility index (Phi) is 3.40. The first-order chi connectivity index (χ1) is 11.3. The van der Waals surface area contributed by atoms with Gasteiger partial charge in [0.2, 0.25) is 5.88 Å². The van der Waals surface area contributed by atoms with Gasteiger partial charge in [0.15, 0.2) is 5.65 Å². The molecule has 2 aromatic heterocycles. The summed E-state index contributed by atoms with van der Waals surface area (Å²) in [4.78, 5) is 19.7. The third kappa shape index (κ3) is 2.67. The van der Waals surface area contributed by atoms with E-state index in [9.17, 15) is 18.0 Å². The Labute approximate surface area is 142 Å². The molecule has 0 aromatic carbocycles. The molecule has 1 aliphatic carbocycles. The van der Waals surface area contributed by atoms with Crippen LogP contribution >= 0.6 is 15.9 Å². The standard InChI is InChI=1S/C14H12BrF3N4O2/c15-8-5-22-9(4-19-8)21-10(7-3-13(1-2-13)6-20-7)11(22)24-12(23)14(16,17)18/h4-5,7,20H,1-3,6H2/t7-/m1/s1. The minimum atomic E-state index is -5.08. The first-order valence-electron chi connectivity index (χ1n) is 7.33. The van der Waals surface area contributed by atoms with Crippen LogP contribution in [-0.4, -0.2) is 33.1 Å². The molecule has 3 heterocycles. The van der Waals surface area contributed by atoms with Crippen LogP contribution in [0.25, 0.3) is 5.65 Å². The largest absolute Gasteiger partial charge is 0.491 e. The Bertz CT molecular complexity index is 831. The molecule has 1 N–H and O–H groups in total. The van der Waals surface area contributed by atoms with E-state index in [1.807, 2.05) is 0 Å². The van der Waals surface area contributed by atoms with Crippen molar-refractivity contribution in [1.82, 2.24) is 19.7 Å². The molecule has 128 valence electrons. The summed E-state index contributed by atoms with van der Waals surface area (Å²) in [6, 6.07) is -0.248. The van der Waals surface area contributed by atoms with Gasteiger partial charge in [0.25, 0.3) is 0 Å². The molecule has 4 rings (SSSR count). The van der Waals surface area contributed by atoms with Crippen LogP contribution in [0.4, 0.5) is 13.2 Å². The molecule has 0 radical (unpaired) electrons. The number of fused-ring (bicyclic) bond motifs is 1. The highest BCUT2D eigenvalue weighted by molar-refractivity contribution is 9.10. The number of ether oxygens (including phenoxy) is 1. The predicted octanol–water partition coefficient (Wildman–Crippen LogP) is 2.77. The van der Waals surface area contributed by atoms with Crippen molar-refractivity contribution in [1.29, 1.82) is 0 Å². The van der Waals surface area contributed by atoms with E-state index in [2.05, 4.69) is 36.0 Å². The van der Waals surface area contributed by atoms with Crippen LogP contribution in [0.15, 0.2) is 17.0 Å². The normalized spacial score (nSPS) is 22.2. The molecule has 6 nitrogen and oxygen atoms in total. The van der Waals surface area contributed by atoms with E-state index in [0.717, 1.165) is 25.8 Å². The first kappa shape index (κ1) is 15.8. The molecular formula is C14H12BrF3N4O2. The molecule has 1 atom stereocenters. The van der Waals surface area contributed by atoms with Crippen molar-refractivity contribution < 1.29 is 22.7 Å². The Morgan fingerprint density at radius 3 is 2.83 bits per heavy atom. The summed E-state index contributed by atoms with van der Waals surface area (Å²) in [6.07, 6.45) is 0.699. The van der Waals surface area contributed by atoms with Gasteiger partial charge < -0.3 is 10.1 Å². The summed E-state index contributed by atoms with van der Waals surface area (Å²) in [6.45, 7) is 0.792. The third-order valence-corrected chi connectivity index (χ3v) is 4.94. The maximum atomic E-state index is 12.6. The lowest BCUT2D eigenvalue weighted by molar-refractivity contribution is -0.190. The second-order valence-electron chi connectivity index (χ2n) is 6.27. The Balaban J connectivity index is 1.77. The molecule has 0 unspecified atom stereocenters. The highest BCUT2D eigenvalue weighted by atomic mass is 79.9. The van der Waals surface area contributed by atoms with Crippen LogP contribution < -0.4 is 10.1 Å². The van der Waals surface area contributed by atoms with Gasteiger partial charge in [0.1, 0.15) is 10.3 Å². The van der Waals surface area contributed by atoms with E-state index >= 15 is 0 Å². The third-order valence-electron chi connectivity index (χ3n) is 4.53. The van der Waals surface area contributed by atoms with E-state index < -0.39 is 12.1 Å². The number of esters is 1. The monoisotopic (exact) mass is 404 g/mol. The highest BCUT2D eigenvalue weighted by Crippen LogP contribution is 2.55.